The third-order valence-corrected chi connectivity index (χ3v) is 7.45. The van der Waals surface area contributed by atoms with Crippen molar-refractivity contribution in [2.75, 3.05) is 36.4 Å². The Kier molecular flexibility index (Phi) is 5.79. The van der Waals surface area contributed by atoms with E-state index >= 15 is 0 Å². The third kappa shape index (κ3) is 4.27. The van der Waals surface area contributed by atoms with Gasteiger partial charge in [-0.1, -0.05) is 18.2 Å². The highest BCUT2D eigenvalue weighted by Gasteiger charge is 2.25. The second-order valence-corrected chi connectivity index (χ2v) is 9.62. The van der Waals surface area contributed by atoms with Crippen molar-refractivity contribution in [2.45, 2.75) is 0 Å². The van der Waals surface area contributed by atoms with Crippen LogP contribution in [-0.4, -0.2) is 53.4 Å². The monoisotopic (exact) mass is 493 g/mol. The van der Waals surface area contributed by atoms with Crippen molar-refractivity contribution < 1.29 is 9.59 Å². The van der Waals surface area contributed by atoms with Crippen molar-refractivity contribution in [3.8, 4) is 21.8 Å². The van der Waals surface area contributed by atoms with Gasteiger partial charge in [0.15, 0.2) is 0 Å². The fourth-order valence-corrected chi connectivity index (χ4v) is 5.39. The Balaban J connectivity index is 1.25. The van der Waals surface area contributed by atoms with Crippen LogP contribution in [0.2, 0.25) is 0 Å². The van der Waals surface area contributed by atoms with Crippen LogP contribution in [0.4, 0.5) is 11.4 Å². The van der Waals surface area contributed by atoms with Crippen LogP contribution in [0, 0.1) is 0 Å². The maximum Gasteiger partial charge on any atom is 0.256 e. The number of thiazole rings is 1. The summed E-state index contributed by atoms with van der Waals surface area (Å²) >= 11 is 1.59. The molecule has 0 atom stereocenters. The fraction of sp³-hybridized carbons (Fsp3) is 0.143. The second-order valence-electron chi connectivity index (χ2n) is 8.77. The van der Waals surface area contributed by atoms with Gasteiger partial charge in [-0.25, -0.2) is 4.98 Å². The topological polar surface area (TPSA) is 78.4 Å². The van der Waals surface area contributed by atoms with Gasteiger partial charge in [0.25, 0.3) is 5.91 Å². The number of rotatable bonds is 5. The van der Waals surface area contributed by atoms with Gasteiger partial charge >= 0.3 is 0 Å². The van der Waals surface area contributed by atoms with Crippen molar-refractivity contribution in [3.05, 3.63) is 83.5 Å². The summed E-state index contributed by atoms with van der Waals surface area (Å²) in [6.07, 6.45) is 6.38. The lowest BCUT2D eigenvalue weighted by molar-refractivity contribution is -0.118. The molecule has 2 aliphatic rings. The predicted octanol–water partition coefficient (Wildman–Crippen LogP) is 4.64. The highest BCUT2D eigenvalue weighted by Crippen LogP contribution is 2.37. The van der Waals surface area contributed by atoms with Gasteiger partial charge in [0, 0.05) is 77.6 Å². The molecule has 4 heterocycles. The number of anilines is 2. The number of pyridine rings is 1. The van der Waals surface area contributed by atoms with E-state index in [9.17, 15) is 9.59 Å². The number of hydrogen-bond acceptors (Lipinski definition) is 6. The van der Waals surface area contributed by atoms with E-state index in [1.807, 2.05) is 53.9 Å². The number of amides is 2. The molecule has 0 spiro atoms. The average Bonchev–Trinajstić information content (AvgIpc) is 3.54. The number of fused-ring (bicyclic) bond motifs is 1. The van der Waals surface area contributed by atoms with E-state index in [0.717, 1.165) is 76.9 Å². The van der Waals surface area contributed by atoms with Crippen LogP contribution >= 0.6 is 11.3 Å². The summed E-state index contributed by atoms with van der Waals surface area (Å²) in [5.74, 6) is -0.105. The summed E-state index contributed by atoms with van der Waals surface area (Å²) in [5.41, 5.74) is 7.30. The molecule has 4 aromatic rings. The Hall–Kier alpha value is -4.30. The molecular formula is C28H23N5O2S. The summed E-state index contributed by atoms with van der Waals surface area (Å²) in [6, 6.07) is 18.1. The molecule has 1 saturated heterocycles. The first kappa shape index (κ1) is 22.2. The Morgan fingerprint density at radius 3 is 2.44 bits per heavy atom. The standard InChI is InChI=1S/C28H23N5O2S/c34-18-32-11-13-33(14-12-32)22-4-1-19(2-5-22)15-24-23-16-21(3-6-25(23)30-27(24)35)26-17-36-28(31-26)20-7-9-29-10-8-20/h1-10,15-18H,11-14H2,(H,30,35)/b24-15-. The number of hydrogen-bond donors (Lipinski definition) is 1. The van der Waals surface area contributed by atoms with Gasteiger partial charge in [-0.05, 0) is 48.0 Å². The highest BCUT2D eigenvalue weighted by molar-refractivity contribution is 7.13. The first-order valence-electron chi connectivity index (χ1n) is 11.8. The van der Waals surface area contributed by atoms with Gasteiger partial charge in [0.05, 0.1) is 5.69 Å². The molecule has 8 heteroatoms. The summed E-state index contributed by atoms with van der Waals surface area (Å²) in [5, 5.41) is 5.95. The minimum Gasteiger partial charge on any atom is -0.368 e. The molecule has 2 aromatic heterocycles. The number of nitrogens with one attached hydrogen (secondary N) is 1. The summed E-state index contributed by atoms with van der Waals surface area (Å²) in [7, 11) is 0. The van der Waals surface area contributed by atoms with Crippen LogP contribution in [0.15, 0.2) is 72.4 Å². The molecule has 1 fully saturated rings. The van der Waals surface area contributed by atoms with Crippen LogP contribution in [0.1, 0.15) is 11.1 Å². The molecule has 6 rings (SSSR count). The van der Waals surface area contributed by atoms with E-state index in [2.05, 4.69) is 27.3 Å². The zero-order valence-corrected chi connectivity index (χ0v) is 20.2. The number of nitrogens with zero attached hydrogens (tertiary/aromatic N) is 4. The number of aromatic nitrogens is 2. The molecule has 36 heavy (non-hydrogen) atoms. The molecule has 1 N–H and O–H groups in total. The van der Waals surface area contributed by atoms with Crippen LogP contribution in [-0.2, 0) is 9.59 Å². The predicted molar refractivity (Wildman–Crippen MR) is 144 cm³/mol. The van der Waals surface area contributed by atoms with Crippen molar-refractivity contribution in [3.63, 3.8) is 0 Å². The Morgan fingerprint density at radius 1 is 0.917 bits per heavy atom. The van der Waals surface area contributed by atoms with Gasteiger partial charge in [-0.3, -0.25) is 14.6 Å². The van der Waals surface area contributed by atoms with Crippen molar-refractivity contribution in [2.24, 2.45) is 0 Å². The molecule has 178 valence electrons. The molecule has 2 aliphatic heterocycles. The van der Waals surface area contributed by atoms with E-state index in [1.165, 1.54) is 0 Å². The van der Waals surface area contributed by atoms with Gasteiger partial charge in [-0.2, -0.15) is 0 Å². The maximum atomic E-state index is 12.8. The zero-order valence-electron chi connectivity index (χ0n) is 19.4. The van der Waals surface area contributed by atoms with Gasteiger partial charge < -0.3 is 15.1 Å². The molecule has 2 amide bonds. The minimum absolute atomic E-state index is 0.105. The van der Waals surface area contributed by atoms with Crippen molar-refractivity contribution >= 4 is 46.7 Å². The fourth-order valence-electron chi connectivity index (χ4n) is 4.56. The van der Waals surface area contributed by atoms with E-state index in [1.54, 1.807) is 28.6 Å². The second kappa shape index (κ2) is 9.39. The first-order valence-corrected chi connectivity index (χ1v) is 12.6. The van der Waals surface area contributed by atoms with Crippen LogP contribution in [0.5, 0.6) is 0 Å². The van der Waals surface area contributed by atoms with Crippen molar-refractivity contribution in [1.29, 1.82) is 0 Å². The third-order valence-electron chi connectivity index (χ3n) is 6.56. The first-order chi connectivity index (χ1) is 17.7. The normalized spacial score (nSPS) is 16.2. The maximum absolute atomic E-state index is 12.8. The average molecular weight is 494 g/mol. The molecule has 0 radical (unpaired) electrons. The van der Waals surface area contributed by atoms with Gasteiger partial charge in [0.2, 0.25) is 6.41 Å². The molecule has 0 aliphatic carbocycles. The number of carbonyl (C=O) groups excluding carboxylic acids is 2. The molecule has 0 bridgehead atoms. The van der Waals surface area contributed by atoms with Gasteiger partial charge in [0.1, 0.15) is 5.01 Å². The molecule has 2 aromatic carbocycles. The molecular weight excluding hydrogens is 470 g/mol. The summed E-state index contributed by atoms with van der Waals surface area (Å²) in [6.45, 7) is 3.10. The lowest BCUT2D eigenvalue weighted by Gasteiger charge is -2.34. The minimum atomic E-state index is -0.105. The van der Waals surface area contributed by atoms with Crippen molar-refractivity contribution in [1.82, 2.24) is 14.9 Å². The van der Waals surface area contributed by atoms with Gasteiger partial charge in [-0.15, -0.1) is 11.3 Å². The molecule has 7 nitrogen and oxygen atoms in total. The smallest absolute Gasteiger partial charge is 0.256 e. The van der Waals surface area contributed by atoms with E-state index in [-0.39, 0.29) is 5.91 Å². The highest BCUT2D eigenvalue weighted by atomic mass is 32.1. The Morgan fingerprint density at radius 2 is 1.69 bits per heavy atom. The van der Waals surface area contributed by atoms with Crippen LogP contribution in [0.25, 0.3) is 33.5 Å². The zero-order chi connectivity index (χ0) is 24.5. The van der Waals surface area contributed by atoms with Crippen LogP contribution in [0.3, 0.4) is 0 Å². The van der Waals surface area contributed by atoms with E-state index < -0.39 is 0 Å². The number of carbonyl (C=O) groups is 2. The quantitative estimate of drug-likeness (QED) is 0.324. The summed E-state index contributed by atoms with van der Waals surface area (Å²) in [4.78, 5) is 36.7. The Labute approximate surface area is 212 Å². The SMILES string of the molecule is O=CN1CCN(c2ccc(/C=C3\C(=O)Nc4ccc(-c5csc(-c6ccncc6)n5)cc43)cc2)CC1. The summed E-state index contributed by atoms with van der Waals surface area (Å²) < 4.78 is 0. The van der Waals surface area contributed by atoms with E-state index in [0.29, 0.717) is 5.57 Å². The lowest BCUT2D eigenvalue weighted by atomic mass is 10.0. The van der Waals surface area contributed by atoms with Crippen LogP contribution < -0.4 is 10.2 Å². The largest absolute Gasteiger partial charge is 0.368 e. The number of piperazine rings is 1. The molecule has 0 saturated carbocycles. The Bertz CT molecular complexity index is 1460. The lowest BCUT2D eigenvalue weighted by Crippen LogP contribution is -2.45. The van der Waals surface area contributed by atoms with E-state index in [4.69, 9.17) is 4.98 Å². The number of benzene rings is 2. The molecule has 0 unspecified atom stereocenters.